The van der Waals surface area contributed by atoms with Crippen molar-refractivity contribution in [3.05, 3.63) is 35.1 Å². The van der Waals surface area contributed by atoms with Gasteiger partial charge in [0, 0.05) is 12.3 Å². The van der Waals surface area contributed by atoms with Crippen molar-refractivity contribution in [1.29, 1.82) is 0 Å². The van der Waals surface area contributed by atoms with E-state index in [9.17, 15) is 9.18 Å². The maximum atomic E-state index is 13.2. The first-order chi connectivity index (χ1) is 9.20. The van der Waals surface area contributed by atoms with Crippen LogP contribution >= 0.6 is 11.8 Å². The summed E-state index contributed by atoms with van der Waals surface area (Å²) in [7, 11) is 0. The molecule has 2 rings (SSSR count). The molecule has 1 aliphatic heterocycles. The monoisotopic (exact) mass is 282 g/mol. The van der Waals surface area contributed by atoms with Crippen molar-refractivity contribution in [2.75, 3.05) is 12.8 Å². The van der Waals surface area contributed by atoms with Gasteiger partial charge in [-0.25, -0.2) is 4.39 Å². The van der Waals surface area contributed by atoms with Crippen molar-refractivity contribution in [1.82, 2.24) is 10.6 Å². The normalized spacial score (nSPS) is 18.5. The molecule has 0 spiro atoms. The second-order valence-electron chi connectivity index (χ2n) is 4.71. The van der Waals surface area contributed by atoms with Crippen LogP contribution in [0, 0.1) is 5.82 Å². The van der Waals surface area contributed by atoms with Gasteiger partial charge in [0.05, 0.1) is 6.04 Å². The lowest BCUT2D eigenvalue weighted by Gasteiger charge is -2.13. The van der Waals surface area contributed by atoms with Crippen molar-refractivity contribution < 1.29 is 9.18 Å². The molecule has 0 radical (unpaired) electrons. The number of carbonyl (C=O) groups excluding carboxylic acids is 1. The number of carbonyl (C=O) groups is 1. The van der Waals surface area contributed by atoms with Gasteiger partial charge in [0.2, 0.25) is 5.91 Å². The minimum atomic E-state index is -0.225. The van der Waals surface area contributed by atoms with E-state index < -0.39 is 0 Å². The summed E-state index contributed by atoms with van der Waals surface area (Å²) >= 11 is 1.65. The number of hydrogen-bond acceptors (Lipinski definition) is 3. The number of nitrogens with one attached hydrogen (secondary N) is 2. The average Bonchev–Trinajstić information content (AvgIpc) is 2.92. The smallest absolute Gasteiger partial charge is 0.237 e. The first-order valence-corrected chi connectivity index (χ1v) is 7.87. The molecule has 1 heterocycles. The molecule has 2 N–H and O–H groups in total. The molecule has 0 bridgehead atoms. The Morgan fingerprint density at radius 2 is 2.37 bits per heavy atom. The van der Waals surface area contributed by atoms with Crippen LogP contribution in [0.15, 0.2) is 18.2 Å². The van der Waals surface area contributed by atoms with Gasteiger partial charge in [0.15, 0.2) is 0 Å². The highest BCUT2D eigenvalue weighted by molar-refractivity contribution is 7.97. The Bertz CT molecular complexity index is 447. The molecular weight excluding hydrogens is 263 g/mol. The minimum Gasteiger partial charge on any atom is -0.351 e. The lowest BCUT2D eigenvalue weighted by Crippen LogP contribution is -2.40. The molecule has 0 saturated carbocycles. The van der Waals surface area contributed by atoms with E-state index in [1.807, 2.05) is 6.26 Å². The van der Waals surface area contributed by atoms with Gasteiger partial charge in [-0.05, 0) is 48.9 Å². The van der Waals surface area contributed by atoms with E-state index in [0.717, 1.165) is 36.3 Å². The third-order valence-electron chi connectivity index (χ3n) is 3.30. The topological polar surface area (TPSA) is 41.1 Å². The molecule has 1 aliphatic rings. The standard InChI is InChI=1S/C14H19FN2OS/c1-19-9-11-7-12(15)5-4-10(11)8-17-14(18)13-3-2-6-16-13/h4-5,7,13,16H,2-3,6,8-9H2,1H3,(H,17,18). The molecular formula is C14H19FN2OS. The van der Waals surface area contributed by atoms with Crippen LogP contribution in [0.25, 0.3) is 0 Å². The first-order valence-electron chi connectivity index (χ1n) is 6.48. The summed E-state index contributed by atoms with van der Waals surface area (Å²) in [6, 6.07) is 4.68. The van der Waals surface area contributed by atoms with E-state index in [2.05, 4.69) is 10.6 Å². The molecule has 1 aromatic carbocycles. The third kappa shape index (κ3) is 3.94. The Labute approximate surface area is 117 Å². The first kappa shape index (κ1) is 14.3. The fourth-order valence-electron chi connectivity index (χ4n) is 2.27. The number of hydrogen-bond donors (Lipinski definition) is 2. The van der Waals surface area contributed by atoms with Crippen LogP contribution < -0.4 is 10.6 Å². The van der Waals surface area contributed by atoms with Gasteiger partial charge in [0.1, 0.15) is 5.82 Å². The van der Waals surface area contributed by atoms with Crippen molar-refractivity contribution in [2.45, 2.75) is 31.2 Å². The summed E-state index contributed by atoms with van der Waals surface area (Å²) in [6.45, 7) is 1.37. The predicted octanol–water partition coefficient (Wildman–Crippen LogP) is 2.06. The molecule has 19 heavy (non-hydrogen) atoms. The number of thioether (sulfide) groups is 1. The zero-order chi connectivity index (χ0) is 13.7. The van der Waals surface area contributed by atoms with E-state index in [1.54, 1.807) is 23.9 Å². The van der Waals surface area contributed by atoms with E-state index in [4.69, 9.17) is 0 Å². The fourth-order valence-corrected chi connectivity index (χ4v) is 2.85. The van der Waals surface area contributed by atoms with Crippen LogP contribution in [0.1, 0.15) is 24.0 Å². The maximum absolute atomic E-state index is 13.2. The lowest BCUT2D eigenvalue weighted by molar-refractivity contribution is -0.122. The van der Waals surface area contributed by atoms with E-state index in [0.29, 0.717) is 6.54 Å². The molecule has 1 saturated heterocycles. The molecule has 1 unspecified atom stereocenters. The predicted molar refractivity (Wildman–Crippen MR) is 76.5 cm³/mol. The van der Waals surface area contributed by atoms with Gasteiger partial charge in [-0.3, -0.25) is 4.79 Å². The van der Waals surface area contributed by atoms with Crippen LogP contribution in [0.2, 0.25) is 0 Å². The van der Waals surface area contributed by atoms with Gasteiger partial charge in [-0.1, -0.05) is 6.07 Å². The summed E-state index contributed by atoms with van der Waals surface area (Å²) in [5.74, 6) is 0.568. The molecule has 5 heteroatoms. The highest BCUT2D eigenvalue weighted by Gasteiger charge is 2.21. The largest absolute Gasteiger partial charge is 0.351 e. The summed E-state index contributed by atoms with van der Waals surface area (Å²) in [4.78, 5) is 11.9. The molecule has 1 amide bonds. The SMILES string of the molecule is CSCc1cc(F)ccc1CNC(=O)C1CCCN1. The van der Waals surface area contributed by atoms with Crippen molar-refractivity contribution >= 4 is 17.7 Å². The van der Waals surface area contributed by atoms with Gasteiger partial charge >= 0.3 is 0 Å². The Hall–Kier alpha value is -1.07. The Kier molecular flexibility index (Phi) is 5.22. The fraction of sp³-hybridized carbons (Fsp3) is 0.500. The van der Waals surface area contributed by atoms with E-state index in [1.165, 1.54) is 6.07 Å². The van der Waals surface area contributed by atoms with Crippen molar-refractivity contribution in [3.8, 4) is 0 Å². The summed E-state index contributed by atoms with van der Waals surface area (Å²) in [5, 5.41) is 6.09. The maximum Gasteiger partial charge on any atom is 0.237 e. The van der Waals surface area contributed by atoms with Crippen LogP contribution in [0.5, 0.6) is 0 Å². The van der Waals surface area contributed by atoms with Crippen LogP contribution in [-0.4, -0.2) is 24.7 Å². The average molecular weight is 282 g/mol. The van der Waals surface area contributed by atoms with Crippen LogP contribution in [0.4, 0.5) is 4.39 Å². The molecule has 1 atom stereocenters. The van der Waals surface area contributed by atoms with Crippen molar-refractivity contribution in [3.63, 3.8) is 0 Å². The summed E-state index contributed by atoms with van der Waals surface area (Å²) in [6.07, 6.45) is 3.93. The molecule has 0 aromatic heterocycles. The number of rotatable bonds is 5. The van der Waals surface area contributed by atoms with E-state index in [-0.39, 0.29) is 17.8 Å². The highest BCUT2D eigenvalue weighted by Crippen LogP contribution is 2.17. The van der Waals surface area contributed by atoms with Gasteiger partial charge in [0.25, 0.3) is 0 Å². The summed E-state index contributed by atoms with van der Waals surface area (Å²) < 4.78 is 13.2. The lowest BCUT2D eigenvalue weighted by atomic mass is 10.1. The Morgan fingerprint density at radius 1 is 1.53 bits per heavy atom. The zero-order valence-corrected chi connectivity index (χ0v) is 11.9. The second kappa shape index (κ2) is 6.91. The molecule has 104 valence electrons. The molecule has 1 fully saturated rings. The van der Waals surface area contributed by atoms with Gasteiger partial charge in [-0.15, -0.1) is 0 Å². The van der Waals surface area contributed by atoms with Crippen LogP contribution in [0.3, 0.4) is 0 Å². The van der Waals surface area contributed by atoms with Crippen LogP contribution in [-0.2, 0) is 17.1 Å². The molecule has 1 aromatic rings. The minimum absolute atomic E-state index is 0.0388. The molecule has 0 aliphatic carbocycles. The third-order valence-corrected chi connectivity index (χ3v) is 3.90. The zero-order valence-electron chi connectivity index (χ0n) is 11.0. The van der Waals surface area contributed by atoms with Gasteiger partial charge in [-0.2, -0.15) is 11.8 Å². The second-order valence-corrected chi connectivity index (χ2v) is 5.58. The number of halogens is 1. The number of amides is 1. The Morgan fingerprint density at radius 3 is 3.05 bits per heavy atom. The summed E-state index contributed by atoms with van der Waals surface area (Å²) in [5.41, 5.74) is 1.94. The van der Waals surface area contributed by atoms with Gasteiger partial charge < -0.3 is 10.6 Å². The quantitative estimate of drug-likeness (QED) is 0.868. The molecule has 3 nitrogen and oxygen atoms in total. The Balaban J connectivity index is 1.96. The highest BCUT2D eigenvalue weighted by atomic mass is 32.2. The van der Waals surface area contributed by atoms with E-state index >= 15 is 0 Å². The van der Waals surface area contributed by atoms with Crippen molar-refractivity contribution in [2.24, 2.45) is 0 Å². The number of benzene rings is 1.